The zero-order valence-corrected chi connectivity index (χ0v) is 10.6. The van der Waals surface area contributed by atoms with Gasteiger partial charge in [0.1, 0.15) is 11.6 Å². The molecule has 0 saturated carbocycles. The van der Waals surface area contributed by atoms with Crippen molar-refractivity contribution in [1.29, 1.82) is 5.26 Å². The van der Waals surface area contributed by atoms with Crippen molar-refractivity contribution in [3.63, 3.8) is 0 Å². The van der Waals surface area contributed by atoms with Gasteiger partial charge in [-0.05, 0) is 23.4 Å². The summed E-state index contributed by atoms with van der Waals surface area (Å²) in [6, 6.07) is 6.23. The average Bonchev–Trinajstić information content (AvgIpc) is 2.93. The van der Waals surface area contributed by atoms with Gasteiger partial charge < -0.3 is 10.4 Å². The number of H-pyrrole nitrogens is 1. The lowest BCUT2D eigenvalue weighted by atomic mass is 10.2. The van der Waals surface area contributed by atoms with Crippen LogP contribution in [0.5, 0.6) is 0 Å². The number of anilines is 1. The maximum atomic E-state index is 10.8. The molecule has 1 aromatic heterocycles. The summed E-state index contributed by atoms with van der Waals surface area (Å²) in [5, 5.41) is 33.6. The molecule has 0 aliphatic rings. The summed E-state index contributed by atoms with van der Waals surface area (Å²) in [6.07, 6.45) is 1.37. The Kier molecular flexibility index (Phi) is 3.93. The summed E-state index contributed by atoms with van der Waals surface area (Å²) in [5.74, 6) is -0.963. The van der Waals surface area contributed by atoms with Gasteiger partial charge in [-0.3, -0.25) is 0 Å². The highest BCUT2D eigenvalue weighted by atomic mass is 35.5. The topological polar surface area (TPSA) is 128 Å². The van der Waals surface area contributed by atoms with Gasteiger partial charge in [0.05, 0.1) is 10.6 Å². The number of carbonyl (C=O) groups is 1. The first-order valence-corrected chi connectivity index (χ1v) is 5.63. The molecule has 2 rings (SSSR count). The molecule has 0 bridgehead atoms. The first-order chi connectivity index (χ1) is 9.61. The number of carboxylic acids is 1. The molecular weight excluding hydrogens is 284 g/mol. The number of hydrogen-bond donors (Lipinski definition) is 3. The van der Waals surface area contributed by atoms with Gasteiger partial charge in [-0.25, -0.2) is 4.79 Å². The van der Waals surface area contributed by atoms with Crippen molar-refractivity contribution in [3.05, 3.63) is 40.8 Å². The molecule has 0 saturated heterocycles. The largest absolute Gasteiger partial charge is 0.478 e. The average molecular weight is 291 g/mol. The molecule has 8 nitrogen and oxygen atoms in total. The van der Waals surface area contributed by atoms with Crippen LogP contribution in [-0.4, -0.2) is 31.7 Å². The molecule has 1 aromatic carbocycles. The van der Waals surface area contributed by atoms with Crippen molar-refractivity contribution in [2.45, 2.75) is 0 Å². The summed E-state index contributed by atoms with van der Waals surface area (Å²) < 4.78 is 0. The van der Waals surface area contributed by atoms with Crippen LogP contribution in [-0.2, 0) is 0 Å². The summed E-state index contributed by atoms with van der Waals surface area (Å²) in [4.78, 5) is 10.8. The molecule has 20 heavy (non-hydrogen) atoms. The van der Waals surface area contributed by atoms with Crippen molar-refractivity contribution in [2.75, 3.05) is 5.32 Å². The number of hydrogen-bond acceptors (Lipinski definition) is 6. The number of aromatic nitrogens is 4. The molecule has 0 fully saturated rings. The van der Waals surface area contributed by atoms with Crippen molar-refractivity contribution in [1.82, 2.24) is 20.6 Å². The van der Waals surface area contributed by atoms with Gasteiger partial charge in [-0.15, -0.1) is 10.2 Å². The van der Waals surface area contributed by atoms with E-state index in [1.807, 2.05) is 6.07 Å². The van der Waals surface area contributed by atoms with Gasteiger partial charge in [0.2, 0.25) is 5.82 Å². The van der Waals surface area contributed by atoms with Crippen LogP contribution in [0.1, 0.15) is 16.2 Å². The highest BCUT2D eigenvalue weighted by Crippen LogP contribution is 2.21. The second-order valence-corrected chi connectivity index (χ2v) is 3.96. The van der Waals surface area contributed by atoms with Crippen LogP contribution in [0.4, 0.5) is 5.69 Å². The van der Waals surface area contributed by atoms with Crippen molar-refractivity contribution in [2.24, 2.45) is 0 Å². The summed E-state index contributed by atoms with van der Waals surface area (Å²) >= 11 is 5.83. The SMILES string of the molecule is N#CC(=CNc1ccc(C(=O)O)c(Cl)c1)c1nn[nH]n1. The molecule has 0 aliphatic heterocycles. The van der Waals surface area contributed by atoms with E-state index in [0.717, 1.165) is 0 Å². The van der Waals surface area contributed by atoms with Gasteiger partial charge in [0.25, 0.3) is 0 Å². The van der Waals surface area contributed by atoms with E-state index < -0.39 is 5.97 Å². The van der Waals surface area contributed by atoms with E-state index in [1.165, 1.54) is 24.4 Å². The molecule has 0 aliphatic carbocycles. The summed E-state index contributed by atoms with van der Waals surface area (Å²) in [5.41, 5.74) is 0.688. The van der Waals surface area contributed by atoms with Crippen LogP contribution in [0.3, 0.4) is 0 Å². The Hall–Kier alpha value is -2.92. The molecular formula is C11H7ClN6O2. The number of nitriles is 1. The molecule has 3 N–H and O–H groups in total. The van der Waals surface area contributed by atoms with E-state index in [-0.39, 0.29) is 22.0 Å². The number of allylic oxidation sites excluding steroid dienone is 1. The van der Waals surface area contributed by atoms with Crippen LogP contribution in [0.25, 0.3) is 5.57 Å². The highest BCUT2D eigenvalue weighted by Gasteiger charge is 2.09. The third-order valence-electron chi connectivity index (χ3n) is 2.29. The highest BCUT2D eigenvalue weighted by molar-refractivity contribution is 6.33. The van der Waals surface area contributed by atoms with Crippen LogP contribution in [0, 0.1) is 11.3 Å². The zero-order chi connectivity index (χ0) is 14.5. The number of benzene rings is 1. The lowest BCUT2D eigenvalue weighted by Gasteiger charge is -2.04. The Labute approximate surface area is 117 Å². The third kappa shape index (κ3) is 2.90. The number of carboxylic acid groups (broad SMARTS) is 1. The fourth-order valence-corrected chi connectivity index (χ4v) is 1.62. The Morgan fingerprint density at radius 3 is 2.90 bits per heavy atom. The number of aromatic carboxylic acids is 1. The number of rotatable bonds is 4. The lowest BCUT2D eigenvalue weighted by Crippen LogP contribution is -1.98. The van der Waals surface area contributed by atoms with Crippen LogP contribution < -0.4 is 5.32 Å². The van der Waals surface area contributed by atoms with Gasteiger partial charge in [-0.2, -0.15) is 10.5 Å². The number of halogens is 1. The summed E-state index contributed by atoms with van der Waals surface area (Å²) in [6.45, 7) is 0. The Morgan fingerprint density at radius 1 is 1.55 bits per heavy atom. The predicted octanol–water partition coefficient (Wildman–Crippen LogP) is 1.53. The van der Waals surface area contributed by atoms with Crippen molar-refractivity contribution in [3.8, 4) is 6.07 Å². The molecule has 0 amide bonds. The van der Waals surface area contributed by atoms with E-state index in [1.54, 1.807) is 0 Å². The monoisotopic (exact) mass is 290 g/mol. The minimum absolute atomic E-state index is 0.000120. The number of tetrazole rings is 1. The van der Waals surface area contributed by atoms with Crippen molar-refractivity contribution < 1.29 is 9.90 Å². The van der Waals surface area contributed by atoms with Gasteiger partial charge >= 0.3 is 5.97 Å². The standard InChI is InChI=1S/C11H7ClN6O2/c12-9-3-7(1-2-8(9)11(19)20)14-5-6(4-13)10-15-17-18-16-10/h1-3,5,14H,(H,19,20)(H,15,16,17,18). The maximum absolute atomic E-state index is 10.8. The van der Waals surface area contributed by atoms with Crippen LogP contribution in [0.15, 0.2) is 24.4 Å². The summed E-state index contributed by atoms with van der Waals surface area (Å²) in [7, 11) is 0. The van der Waals surface area contributed by atoms with Crippen LogP contribution in [0.2, 0.25) is 5.02 Å². The van der Waals surface area contributed by atoms with E-state index in [2.05, 4.69) is 25.9 Å². The molecule has 100 valence electrons. The number of aromatic amines is 1. The molecule has 0 radical (unpaired) electrons. The van der Waals surface area contributed by atoms with Gasteiger partial charge in [-0.1, -0.05) is 11.6 Å². The minimum Gasteiger partial charge on any atom is -0.478 e. The second kappa shape index (κ2) is 5.81. The van der Waals surface area contributed by atoms with E-state index in [9.17, 15) is 4.79 Å². The molecule has 1 heterocycles. The first kappa shape index (κ1) is 13.5. The zero-order valence-electron chi connectivity index (χ0n) is 9.83. The fourth-order valence-electron chi connectivity index (χ4n) is 1.36. The van der Waals surface area contributed by atoms with Crippen molar-refractivity contribution >= 4 is 28.8 Å². The normalized spacial score (nSPS) is 10.9. The Bertz CT molecular complexity index is 704. The number of nitrogens with zero attached hydrogens (tertiary/aromatic N) is 4. The molecule has 0 unspecified atom stereocenters. The van der Waals surface area contributed by atoms with E-state index in [0.29, 0.717) is 5.69 Å². The van der Waals surface area contributed by atoms with Gasteiger partial charge in [0, 0.05) is 11.9 Å². The third-order valence-corrected chi connectivity index (χ3v) is 2.60. The predicted molar refractivity (Wildman–Crippen MR) is 69.8 cm³/mol. The number of nitrogens with one attached hydrogen (secondary N) is 2. The Morgan fingerprint density at radius 2 is 2.35 bits per heavy atom. The molecule has 0 spiro atoms. The quantitative estimate of drug-likeness (QED) is 0.728. The Balaban J connectivity index is 2.21. The minimum atomic E-state index is -1.11. The smallest absolute Gasteiger partial charge is 0.337 e. The van der Waals surface area contributed by atoms with Crippen LogP contribution >= 0.6 is 11.6 Å². The first-order valence-electron chi connectivity index (χ1n) is 5.25. The fraction of sp³-hybridized carbons (Fsp3) is 0. The molecule has 2 aromatic rings. The van der Waals surface area contributed by atoms with E-state index >= 15 is 0 Å². The van der Waals surface area contributed by atoms with Gasteiger partial charge in [0.15, 0.2) is 0 Å². The molecule has 9 heteroatoms. The molecule has 0 atom stereocenters. The second-order valence-electron chi connectivity index (χ2n) is 3.55. The maximum Gasteiger partial charge on any atom is 0.337 e. The lowest BCUT2D eigenvalue weighted by molar-refractivity contribution is 0.0697. The van der Waals surface area contributed by atoms with E-state index in [4.69, 9.17) is 22.0 Å².